The molecular formula is C10H14O2PS+. The molecule has 1 atom stereocenters. The van der Waals surface area contributed by atoms with Gasteiger partial charge < -0.3 is 0 Å². The van der Waals surface area contributed by atoms with Crippen molar-refractivity contribution in [2.45, 2.75) is 17.7 Å². The fraction of sp³-hybridized carbons (Fsp3) is 0.400. The molecule has 0 aromatic heterocycles. The molecule has 14 heavy (non-hydrogen) atoms. The van der Waals surface area contributed by atoms with Crippen LogP contribution in [0.3, 0.4) is 0 Å². The Hall–Kier alpha value is -0.370. The van der Waals surface area contributed by atoms with Gasteiger partial charge in [-0.1, -0.05) is 18.2 Å². The Balaban J connectivity index is 2.02. The molecule has 2 nitrogen and oxygen atoms in total. The molecule has 0 saturated carbocycles. The van der Waals surface area contributed by atoms with Gasteiger partial charge in [0.25, 0.3) is 0 Å². The zero-order valence-corrected chi connectivity index (χ0v) is 9.76. The molecule has 1 aromatic rings. The van der Waals surface area contributed by atoms with E-state index in [2.05, 4.69) is 12.1 Å². The van der Waals surface area contributed by atoms with Gasteiger partial charge in [0.2, 0.25) is 0 Å². The predicted octanol–water partition coefficient (Wildman–Crippen LogP) is 3.51. The number of thioether (sulfide) groups is 1. The van der Waals surface area contributed by atoms with Gasteiger partial charge in [0.1, 0.15) is 6.61 Å². The van der Waals surface area contributed by atoms with Crippen LogP contribution in [0.4, 0.5) is 0 Å². The fourth-order valence-corrected chi connectivity index (χ4v) is 2.19. The van der Waals surface area contributed by atoms with Crippen molar-refractivity contribution in [3.8, 4) is 0 Å². The molecular weight excluding hydrogens is 215 g/mol. The van der Waals surface area contributed by atoms with E-state index in [4.69, 9.17) is 4.52 Å². The predicted molar refractivity (Wildman–Crippen MR) is 61.4 cm³/mol. The van der Waals surface area contributed by atoms with Gasteiger partial charge in [-0.05, 0) is 35.3 Å². The highest BCUT2D eigenvalue weighted by Crippen LogP contribution is 2.18. The van der Waals surface area contributed by atoms with Crippen LogP contribution in [-0.4, -0.2) is 12.4 Å². The molecule has 76 valence electrons. The smallest absolute Gasteiger partial charge is 0.148 e. The van der Waals surface area contributed by atoms with Gasteiger partial charge in [-0.3, -0.25) is 0 Å². The van der Waals surface area contributed by atoms with Crippen LogP contribution < -0.4 is 0 Å². The molecule has 0 aliphatic rings. The fourth-order valence-electron chi connectivity index (χ4n) is 1.02. The maximum absolute atomic E-state index is 9.98. The summed E-state index contributed by atoms with van der Waals surface area (Å²) in [6, 6.07) is 10.3. The van der Waals surface area contributed by atoms with Gasteiger partial charge in [-0.15, -0.1) is 16.3 Å². The summed E-state index contributed by atoms with van der Waals surface area (Å²) in [6.07, 6.45) is 2.08. The van der Waals surface area contributed by atoms with Gasteiger partial charge in [-0.2, -0.15) is 0 Å². The normalized spacial score (nSPS) is 10.6. The zero-order valence-electron chi connectivity index (χ0n) is 7.94. The molecule has 0 saturated heterocycles. The van der Waals surface area contributed by atoms with Gasteiger partial charge in [0, 0.05) is 4.90 Å². The second-order valence-corrected chi connectivity index (χ2v) is 4.42. The molecule has 0 fully saturated rings. The van der Waals surface area contributed by atoms with Gasteiger partial charge in [0.15, 0.2) is 0 Å². The molecule has 4 heteroatoms. The first-order valence-electron chi connectivity index (χ1n) is 4.60. The van der Waals surface area contributed by atoms with Crippen molar-refractivity contribution in [3.05, 3.63) is 30.3 Å². The van der Waals surface area contributed by atoms with Crippen molar-refractivity contribution in [2.75, 3.05) is 12.4 Å². The van der Waals surface area contributed by atoms with Crippen molar-refractivity contribution in [2.24, 2.45) is 0 Å². The van der Waals surface area contributed by atoms with Crippen LogP contribution in [0.25, 0.3) is 0 Å². The summed E-state index contributed by atoms with van der Waals surface area (Å²) in [6.45, 7) is 0.608. The Bertz CT molecular complexity index is 254. The molecule has 0 spiro atoms. The maximum Gasteiger partial charge on any atom is 0.494 e. The topological polar surface area (TPSA) is 26.3 Å². The number of rotatable bonds is 7. The number of hydrogen-bond acceptors (Lipinski definition) is 3. The summed E-state index contributed by atoms with van der Waals surface area (Å²) in [5.74, 6) is 1.09. The third kappa shape index (κ3) is 5.38. The number of hydrogen-bond donors (Lipinski definition) is 0. The molecule has 0 N–H and O–H groups in total. The SMILES string of the molecule is O=[PH+]OCCCCSc1ccccc1. The molecule has 0 radical (unpaired) electrons. The van der Waals surface area contributed by atoms with Crippen LogP contribution in [0.15, 0.2) is 35.2 Å². The van der Waals surface area contributed by atoms with Gasteiger partial charge in [0.05, 0.1) is 0 Å². The summed E-state index contributed by atoms with van der Waals surface area (Å²) in [7, 11) is -0.614. The summed E-state index contributed by atoms with van der Waals surface area (Å²) in [5.41, 5.74) is 0. The highest BCUT2D eigenvalue weighted by molar-refractivity contribution is 7.99. The van der Waals surface area contributed by atoms with E-state index in [9.17, 15) is 4.57 Å². The lowest BCUT2D eigenvalue weighted by Crippen LogP contribution is -1.86. The first kappa shape index (κ1) is 11.7. The lowest BCUT2D eigenvalue weighted by molar-refractivity contribution is 0.334. The van der Waals surface area contributed by atoms with Crippen molar-refractivity contribution in [3.63, 3.8) is 0 Å². The Labute approximate surface area is 90.3 Å². The lowest BCUT2D eigenvalue weighted by Gasteiger charge is -1.99. The lowest BCUT2D eigenvalue weighted by atomic mass is 10.4. The standard InChI is InChI=1S/C10H14O2PS/c11-13-12-8-4-5-9-14-10-6-2-1-3-7-10/h1-3,6-7,13H,4-5,8-9H2/q+1. The molecule has 0 amide bonds. The average molecular weight is 229 g/mol. The monoisotopic (exact) mass is 229 g/mol. The number of benzene rings is 1. The van der Waals surface area contributed by atoms with E-state index in [0.29, 0.717) is 6.61 Å². The maximum atomic E-state index is 9.98. The van der Waals surface area contributed by atoms with Crippen LogP contribution >= 0.6 is 20.4 Å². The quantitative estimate of drug-likeness (QED) is 0.406. The van der Waals surface area contributed by atoms with E-state index >= 15 is 0 Å². The van der Waals surface area contributed by atoms with E-state index in [1.54, 1.807) is 0 Å². The summed E-state index contributed by atoms with van der Waals surface area (Å²) >= 11 is 1.85. The average Bonchev–Trinajstić information content (AvgIpc) is 2.25. The van der Waals surface area contributed by atoms with E-state index in [-0.39, 0.29) is 0 Å². The molecule has 1 aromatic carbocycles. The molecule has 0 aliphatic heterocycles. The Kier molecular flexibility index (Phi) is 6.67. The molecule has 0 heterocycles. The van der Waals surface area contributed by atoms with E-state index in [1.165, 1.54) is 4.90 Å². The molecule has 0 bridgehead atoms. The van der Waals surface area contributed by atoms with Gasteiger partial charge in [-0.25, -0.2) is 0 Å². The van der Waals surface area contributed by atoms with Gasteiger partial charge >= 0.3 is 8.69 Å². The van der Waals surface area contributed by atoms with E-state index in [1.807, 2.05) is 30.0 Å². The third-order valence-corrected chi connectivity index (χ3v) is 3.13. The molecule has 1 rings (SSSR count). The van der Waals surface area contributed by atoms with Crippen molar-refractivity contribution in [1.82, 2.24) is 0 Å². The van der Waals surface area contributed by atoms with Crippen LogP contribution in [0.5, 0.6) is 0 Å². The Morgan fingerprint density at radius 2 is 2.00 bits per heavy atom. The van der Waals surface area contributed by atoms with Crippen LogP contribution in [0.1, 0.15) is 12.8 Å². The second kappa shape index (κ2) is 7.98. The van der Waals surface area contributed by atoms with Crippen LogP contribution in [0, 0.1) is 0 Å². The highest BCUT2D eigenvalue weighted by Gasteiger charge is 1.95. The molecule has 1 unspecified atom stereocenters. The molecule has 0 aliphatic carbocycles. The number of unbranched alkanes of at least 4 members (excludes halogenated alkanes) is 1. The minimum absolute atomic E-state index is 0.608. The minimum Gasteiger partial charge on any atom is -0.148 e. The third-order valence-electron chi connectivity index (χ3n) is 1.71. The van der Waals surface area contributed by atoms with Crippen LogP contribution in [-0.2, 0) is 9.09 Å². The summed E-state index contributed by atoms with van der Waals surface area (Å²) in [4.78, 5) is 1.30. The summed E-state index contributed by atoms with van der Waals surface area (Å²) in [5, 5.41) is 0. The second-order valence-electron chi connectivity index (χ2n) is 2.80. The van der Waals surface area contributed by atoms with E-state index in [0.717, 1.165) is 18.6 Å². The Morgan fingerprint density at radius 1 is 1.21 bits per heavy atom. The summed E-state index contributed by atoms with van der Waals surface area (Å²) < 4.78 is 14.7. The van der Waals surface area contributed by atoms with E-state index < -0.39 is 8.69 Å². The van der Waals surface area contributed by atoms with Crippen LogP contribution in [0.2, 0.25) is 0 Å². The van der Waals surface area contributed by atoms with Crippen molar-refractivity contribution >= 4 is 20.4 Å². The zero-order chi connectivity index (χ0) is 10.1. The largest absolute Gasteiger partial charge is 0.494 e. The first-order chi connectivity index (χ1) is 6.93. The highest BCUT2D eigenvalue weighted by atomic mass is 32.2. The minimum atomic E-state index is -0.614. The first-order valence-corrected chi connectivity index (χ1v) is 6.40. The Morgan fingerprint density at radius 3 is 2.71 bits per heavy atom. The van der Waals surface area contributed by atoms with Crippen molar-refractivity contribution < 1.29 is 9.09 Å². The van der Waals surface area contributed by atoms with Crippen molar-refractivity contribution in [1.29, 1.82) is 0 Å².